The second-order valence-corrected chi connectivity index (χ2v) is 15.6. The van der Waals surface area contributed by atoms with Gasteiger partial charge >= 0.3 is 11.9 Å². The van der Waals surface area contributed by atoms with E-state index in [9.17, 15) is 19.5 Å². The van der Waals surface area contributed by atoms with E-state index >= 15 is 0 Å². The Kier molecular flexibility index (Phi) is 33.8. The van der Waals surface area contributed by atoms with Crippen LogP contribution in [0.1, 0.15) is 194 Å². The normalized spacial score (nSPS) is 13.0. The molecule has 0 saturated carbocycles. The molecule has 0 rings (SSSR count). The van der Waals surface area contributed by atoms with Crippen molar-refractivity contribution >= 4 is 17.9 Å². The Morgan fingerprint density at radius 2 is 0.980 bits per heavy atom. The summed E-state index contributed by atoms with van der Waals surface area (Å²) in [4.78, 5) is 36.7. The number of quaternary nitrogens is 1. The molecule has 300 valence electrons. The fraction of sp³-hybridized carbons (Fsp3) is 0.884. The molecule has 8 heteroatoms. The van der Waals surface area contributed by atoms with Gasteiger partial charge in [0.25, 0.3) is 0 Å². The molecule has 51 heavy (non-hydrogen) atoms. The minimum atomic E-state index is -1.12. The molecular weight excluding hydrogens is 642 g/mol. The highest BCUT2D eigenvalue weighted by molar-refractivity contribution is 5.70. The van der Waals surface area contributed by atoms with Gasteiger partial charge < -0.3 is 28.6 Å². The molecule has 0 aliphatic heterocycles. The molecule has 8 nitrogen and oxygen atoms in total. The van der Waals surface area contributed by atoms with Gasteiger partial charge in [-0.05, 0) is 38.5 Å². The second kappa shape index (κ2) is 35.1. The molecule has 0 spiro atoms. The smallest absolute Gasteiger partial charge is 0.306 e. The number of allylic oxidation sites excluding steroid dienone is 2. The molecule has 0 aromatic carbocycles. The van der Waals surface area contributed by atoms with Crippen molar-refractivity contribution in [3.05, 3.63) is 12.2 Å². The standard InChI is InChI=1S/C43H81NO7/c1-6-8-10-12-14-16-18-20-21-22-24-25-27-29-31-33-41(45)50-38-39(37-49-36-35-40(43(47)48)44(3,4)5)51-42(46)34-32-30-28-26-23-19-17-15-13-11-9-7-2/h15,17,39-40H,6-14,16,18-38H2,1-5H3/b17-15-. The molecule has 0 aliphatic rings. The number of aliphatic carboxylic acids is 1. The van der Waals surface area contributed by atoms with Crippen LogP contribution in [0.25, 0.3) is 0 Å². The minimum absolute atomic E-state index is 0.0425. The maximum absolute atomic E-state index is 12.7. The summed E-state index contributed by atoms with van der Waals surface area (Å²) in [6, 6.07) is -0.722. The summed E-state index contributed by atoms with van der Waals surface area (Å²) >= 11 is 0. The van der Waals surface area contributed by atoms with E-state index in [0.717, 1.165) is 51.4 Å². The maximum atomic E-state index is 12.7. The Labute approximate surface area is 314 Å². The number of rotatable bonds is 38. The van der Waals surface area contributed by atoms with Crippen LogP contribution in [-0.2, 0) is 28.6 Å². The predicted molar refractivity (Wildman–Crippen MR) is 208 cm³/mol. The van der Waals surface area contributed by atoms with E-state index < -0.39 is 18.1 Å². The Morgan fingerprint density at radius 3 is 1.45 bits per heavy atom. The number of unbranched alkanes of at least 4 members (excludes halogenated alkanes) is 22. The average Bonchev–Trinajstić information content (AvgIpc) is 3.08. The Morgan fingerprint density at radius 1 is 0.569 bits per heavy atom. The first-order valence-corrected chi connectivity index (χ1v) is 21.2. The second-order valence-electron chi connectivity index (χ2n) is 15.6. The third kappa shape index (κ3) is 33.6. The number of carbonyl (C=O) groups is 3. The largest absolute Gasteiger partial charge is 0.544 e. The van der Waals surface area contributed by atoms with Crippen LogP contribution < -0.4 is 5.11 Å². The van der Waals surface area contributed by atoms with Gasteiger partial charge in [0.15, 0.2) is 6.10 Å². The van der Waals surface area contributed by atoms with Gasteiger partial charge in [0.1, 0.15) is 12.6 Å². The van der Waals surface area contributed by atoms with Crippen LogP contribution >= 0.6 is 0 Å². The number of likely N-dealkylation sites (N-methyl/N-ethyl adjacent to an activating group) is 1. The first-order chi connectivity index (χ1) is 24.6. The van der Waals surface area contributed by atoms with Crippen LogP contribution in [0.5, 0.6) is 0 Å². The zero-order chi connectivity index (χ0) is 37.8. The summed E-state index contributed by atoms with van der Waals surface area (Å²) in [5.41, 5.74) is 0. The van der Waals surface area contributed by atoms with Crippen molar-refractivity contribution in [3.63, 3.8) is 0 Å². The Hall–Kier alpha value is -1.93. The zero-order valence-corrected chi connectivity index (χ0v) is 34.0. The van der Waals surface area contributed by atoms with E-state index in [-0.39, 0.29) is 42.7 Å². The number of nitrogens with zero attached hydrogens (tertiary/aromatic N) is 1. The third-order valence-electron chi connectivity index (χ3n) is 9.65. The number of hydrogen-bond acceptors (Lipinski definition) is 7. The van der Waals surface area contributed by atoms with Crippen LogP contribution in [0.15, 0.2) is 12.2 Å². The SMILES string of the molecule is CCCCC/C=C\CCCCCCCC(=O)OC(COCCC(C(=O)[O-])[N+](C)(C)C)COC(=O)CCCCCCCCCCCCCCCCC. The summed E-state index contributed by atoms with van der Waals surface area (Å²) in [6.45, 7) is 4.64. The molecule has 0 fully saturated rings. The van der Waals surface area contributed by atoms with Gasteiger partial charge in [-0.2, -0.15) is 0 Å². The summed E-state index contributed by atoms with van der Waals surface area (Å²) in [6.07, 6.45) is 35.1. The van der Waals surface area contributed by atoms with E-state index in [4.69, 9.17) is 14.2 Å². The van der Waals surface area contributed by atoms with Crippen molar-refractivity contribution in [2.75, 3.05) is 41.0 Å². The van der Waals surface area contributed by atoms with Crippen molar-refractivity contribution in [3.8, 4) is 0 Å². The number of hydrogen-bond donors (Lipinski definition) is 0. The van der Waals surface area contributed by atoms with E-state index in [1.165, 1.54) is 109 Å². The summed E-state index contributed by atoms with van der Waals surface area (Å²) < 4.78 is 17.1. The lowest BCUT2D eigenvalue weighted by Crippen LogP contribution is -2.55. The van der Waals surface area contributed by atoms with E-state index in [1.807, 2.05) is 0 Å². The molecule has 2 unspecified atom stereocenters. The van der Waals surface area contributed by atoms with Crippen molar-refractivity contribution in [1.82, 2.24) is 0 Å². The van der Waals surface area contributed by atoms with Gasteiger partial charge in [0.05, 0.1) is 40.3 Å². The van der Waals surface area contributed by atoms with Crippen LogP contribution in [0, 0.1) is 0 Å². The van der Waals surface area contributed by atoms with E-state index in [2.05, 4.69) is 26.0 Å². The highest BCUT2D eigenvalue weighted by atomic mass is 16.6. The number of carbonyl (C=O) groups excluding carboxylic acids is 3. The number of carboxylic acids is 1. The molecule has 0 aromatic heterocycles. The van der Waals surface area contributed by atoms with Crippen molar-refractivity contribution in [2.24, 2.45) is 0 Å². The van der Waals surface area contributed by atoms with Crippen LogP contribution in [0.2, 0.25) is 0 Å². The fourth-order valence-corrected chi connectivity index (χ4v) is 6.30. The predicted octanol–water partition coefficient (Wildman–Crippen LogP) is 9.80. The van der Waals surface area contributed by atoms with E-state index in [0.29, 0.717) is 12.8 Å². The quantitative estimate of drug-likeness (QED) is 0.0271. The number of ether oxygens (including phenoxy) is 3. The number of esters is 2. The monoisotopic (exact) mass is 724 g/mol. The van der Waals surface area contributed by atoms with Crippen LogP contribution in [0.3, 0.4) is 0 Å². The summed E-state index contributed by atoms with van der Waals surface area (Å²) in [5.74, 6) is -1.74. The Bertz CT molecular complexity index is 854. The van der Waals surface area contributed by atoms with Gasteiger partial charge in [-0.25, -0.2) is 0 Å². The lowest BCUT2D eigenvalue weighted by Gasteiger charge is -2.34. The third-order valence-corrected chi connectivity index (χ3v) is 9.65. The highest BCUT2D eigenvalue weighted by Crippen LogP contribution is 2.15. The molecule has 0 aromatic rings. The lowest BCUT2D eigenvalue weighted by molar-refractivity contribution is -0.889. The van der Waals surface area contributed by atoms with Crippen molar-refractivity contribution in [2.45, 2.75) is 206 Å². The van der Waals surface area contributed by atoms with Crippen LogP contribution in [0.4, 0.5) is 0 Å². The van der Waals surface area contributed by atoms with Gasteiger partial charge in [0.2, 0.25) is 0 Å². The maximum Gasteiger partial charge on any atom is 0.306 e. The molecule has 0 amide bonds. The van der Waals surface area contributed by atoms with Gasteiger partial charge in [-0.3, -0.25) is 9.59 Å². The Balaban J connectivity index is 4.34. The highest BCUT2D eigenvalue weighted by Gasteiger charge is 2.25. The van der Waals surface area contributed by atoms with Crippen molar-refractivity contribution in [1.29, 1.82) is 0 Å². The first-order valence-electron chi connectivity index (χ1n) is 21.2. The molecule has 0 aliphatic carbocycles. The fourth-order valence-electron chi connectivity index (χ4n) is 6.30. The topological polar surface area (TPSA) is 102 Å². The van der Waals surface area contributed by atoms with Crippen LogP contribution in [-0.4, -0.2) is 75.5 Å². The van der Waals surface area contributed by atoms with Gasteiger partial charge in [-0.15, -0.1) is 0 Å². The molecule has 0 N–H and O–H groups in total. The molecular formula is C43H81NO7. The molecule has 0 saturated heterocycles. The molecule has 0 bridgehead atoms. The zero-order valence-electron chi connectivity index (χ0n) is 34.0. The lowest BCUT2D eigenvalue weighted by atomic mass is 10.0. The molecule has 2 atom stereocenters. The van der Waals surface area contributed by atoms with E-state index in [1.54, 1.807) is 21.1 Å². The number of carboxylic acid groups (broad SMARTS) is 1. The molecule has 0 radical (unpaired) electrons. The first kappa shape index (κ1) is 49.1. The average molecular weight is 724 g/mol. The van der Waals surface area contributed by atoms with Gasteiger partial charge in [0, 0.05) is 19.3 Å². The minimum Gasteiger partial charge on any atom is -0.544 e. The summed E-state index contributed by atoms with van der Waals surface area (Å²) in [7, 11) is 5.40. The van der Waals surface area contributed by atoms with Crippen molar-refractivity contribution < 1.29 is 38.2 Å². The summed E-state index contributed by atoms with van der Waals surface area (Å²) in [5, 5.41) is 11.6. The molecule has 0 heterocycles. The van der Waals surface area contributed by atoms with Gasteiger partial charge in [-0.1, -0.05) is 148 Å².